The highest BCUT2D eigenvalue weighted by atomic mass is 32.2. The standard InChI is InChI=1S/C20H17F3N2O4S/c1-30(28)17-8-6-15(7-9-17)25-18(12-14(24-25)5-10-19(26)27)13-3-2-4-16(11-13)29-20(21,22)23/h2-4,6-9,11-12H,5,10H2,1H3,(H,26,27). The molecule has 0 aliphatic rings. The van der Waals surface area contributed by atoms with Crippen LogP contribution in [0.1, 0.15) is 12.1 Å². The van der Waals surface area contributed by atoms with E-state index in [1.807, 2.05) is 0 Å². The normalized spacial score (nSPS) is 12.5. The van der Waals surface area contributed by atoms with Crippen LogP contribution in [-0.2, 0) is 22.0 Å². The van der Waals surface area contributed by atoms with Crippen molar-refractivity contribution >= 4 is 16.8 Å². The summed E-state index contributed by atoms with van der Waals surface area (Å²) in [5, 5.41) is 13.3. The van der Waals surface area contributed by atoms with Crippen molar-refractivity contribution in [2.75, 3.05) is 6.26 Å². The van der Waals surface area contributed by atoms with Crippen molar-refractivity contribution in [3.8, 4) is 22.7 Å². The van der Waals surface area contributed by atoms with E-state index in [-0.39, 0.29) is 18.6 Å². The Labute approximate surface area is 172 Å². The lowest BCUT2D eigenvalue weighted by molar-refractivity contribution is -0.274. The van der Waals surface area contributed by atoms with Gasteiger partial charge < -0.3 is 9.84 Å². The minimum absolute atomic E-state index is 0.137. The first-order valence-corrected chi connectivity index (χ1v) is 10.3. The maximum atomic E-state index is 12.6. The van der Waals surface area contributed by atoms with Crippen molar-refractivity contribution in [3.05, 3.63) is 60.3 Å². The van der Waals surface area contributed by atoms with Gasteiger partial charge in [0.2, 0.25) is 0 Å². The van der Waals surface area contributed by atoms with Gasteiger partial charge in [-0.1, -0.05) is 12.1 Å². The molecule has 158 valence electrons. The first-order chi connectivity index (χ1) is 14.1. The maximum Gasteiger partial charge on any atom is 0.573 e. The molecule has 1 aromatic heterocycles. The third-order valence-electron chi connectivity index (χ3n) is 4.13. The second-order valence-corrected chi connectivity index (χ2v) is 7.73. The van der Waals surface area contributed by atoms with E-state index in [0.717, 1.165) is 0 Å². The predicted octanol–water partition coefficient (Wildman–Crippen LogP) is 4.19. The average Bonchev–Trinajstić information content (AvgIpc) is 3.10. The molecule has 1 unspecified atom stereocenters. The number of rotatable bonds is 7. The molecule has 0 bridgehead atoms. The first-order valence-electron chi connectivity index (χ1n) is 8.73. The van der Waals surface area contributed by atoms with Gasteiger partial charge in [-0.15, -0.1) is 13.2 Å². The van der Waals surface area contributed by atoms with Crippen LogP contribution in [0.2, 0.25) is 0 Å². The average molecular weight is 438 g/mol. The molecule has 0 amide bonds. The molecule has 0 spiro atoms. The summed E-state index contributed by atoms with van der Waals surface area (Å²) in [5.41, 5.74) is 1.93. The summed E-state index contributed by atoms with van der Waals surface area (Å²) in [5.74, 6) is -1.36. The molecule has 0 fully saturated rings. The summed E-state index contributed by atoms with van der Waals surface area (Å²) in [4.78, 5) is 11.5. The van der Waals surface area contributed by atoms with Gasteiger partial charge in [-0.05, 0) is 42.5 Å². The summed E-state index contributed by atoms with van der Waals surface area (Å²) in [6.07, 6.45) is -3.26. The molecule has 1 atom stereocenters. The van der Waals surface area contributed by atoms with Gasteiger partial charge in [0.1, 0.15) is 5.75 Å². The zero-order valence-electron chi connectivity index (χ0n) is 15.7. The molecule has 2 aromatic carbocycles. The molecular weight excluding hydrogens is 421 g/mol. The Hall–Kier alpha value is -3.14. The molecule has 30 heavy (non-hydrogen) atoms. The largest absolute Gasteiger partial charge is 0.573 e. The number of ether oxygens (including phenoxy) is 1. The van der Waals surface area contributed by atoms with Gasteiger partial charge >= 0.3 is 12.3 Å². The number of nitrogens with zero attached hydrogens (tertiary/aromatic N) is 2. The molecule has 0 radical (unpaired) electrons. The molecule has 1 N–H and O–H groups in total. The number of hydrogen-bond donors (Lipinski definition) is 1. The van der Waals surface area contributed by atoms with E-state index in [1.54, 1.807) is 42.7 Å². The first kappa shape index (κ1) is 21.6. The van der Waals surface area contributed by atoms with Gasteiger partial charge in [-0.3, -0.25) is 9.00 Å². The van der Waals surface area contributed by atoms with Crippen LogP contribution >= 0.6 is 0 Å². The van der Waals surface area contributed by atoms with E-state index in [2.05, 4.69) is 9.84 Å². The second kappa shape index (κ2) is 8.70. The van der Waals surface area contributed by atoms with Crippen LogP contribution < -0.4 is 4.74 Å². The van der Waals surface area contributed by atoms with Gasteiger partial charge in [0.15, 0.2) is 0 Å². The van der Waals surface area contributed by atoms with E-state index in [4.69, 9.17) is 5.11 Å². The number of carboxylic acids is 1. The number of halogens is 3. The van der Waals surface area contributed by atoms with Crippen LogP contribution in [-0.4, -0.2) is 37.7 Å². The number of aliphatic carboxylic acids is 1. The highest BCUT2D eigenvalue weighted by molar-refractivity contribution is 7.84. The molecule has 3 aromatic rings. The van der Waals surface area contributed by atoms with Gasteiger partial charge in [0.25, 0.3) is 0 Å². The molecule has 3 rings (SSSR count). The van der Waals surface area contributed by atoms with Crippen molar-refractivity contribution in [2.24, 2.45) is 0 Å². The minimum atomic E-state index is -4.82. The monoisotopic (exact) mass is 438 g/mol. The highest BCUT2D eigenvalue weighted by Gasteiger charge is 2.31. The van der Waals surface area contributed by atoms with E-state index < -0.39 is 23.1 Å². The fourth-order valence-electron chi connectivity index (χ4n) is 2.82. The summed E-state index contributed by atoms with van der Waals surface area (Å²) in [7, 11) is -1.17. The fourth-order valence-corrected chi connectivity index (χ4v) is 3.34. The van der Waals surface area contributed by atoms with Crippen molar-refractivity contribution < 1.29 is 32.0 Å². The molecule has 0 saturated carbocycles. The summed E-state index contributed by atoms with van der Waals surface area (Å²) in [6.45, 7) is 0. The smallest absolute Gasteiger partial charge is 0.481 e. The SMILES string of the molecule is CS(=O)c1ccc(-n2nc(CCC(=O)O)cc2-c2cccc(OC(F)(F)F)c2)cc1. The Morgan fingerprint density at radius 1 is 1.17 bits per heavy atom. The fraction of sp³-hybridized carbons (Fsp3) is 0.200. The van der Waals surface area contributed by atoms with E-state index in [9.17, 15) is 22.2 Å². The number of aromatic nitrogens is 2. The van der Waals surface area contributed by atoms with Crippen LogP contribution in [0.15, 0.2) is 59.5 Å². The summed E-state index contributed by atoms with van der Waals surface area (Å²) < 4.78 is 54.9. The van der Waals surface area contributed by atoms with Crippen LogP contribution in [0.25, 0.3) is 16.9 Å². The van der Waals surface area contributed by atoms with Crippen LogP contribution in [0.5, 0.6) is 5.75 Å². The van der Waals surface area contributed by atoms with Crippen molar-refractivity contribution in [2.45, 2.75) is 24.1 Å². The quantitative estimate of drug-likeness (QED) is 0.598. The van der Waals surface area contributed by atoms with Crippen molar-refractivity contribution in [1.82, 2.24) is 9.78 Å². The van der Waals surface area contributed by atoms with Crippen molar-refractivity contribution in [3.63, 3.8) is 0 Å². The lowest BCUT2D eigenvalue weighted by atomic mass is 10.1. The third kappa shape index (κ3) is 5.47. The second-order valence-electron chi connectivity index (χ2n) is 6.35. The molecule has 1 heterocycles. The Kier molecular flexibility index (Phi) is 6.25. The van der Waals surface area contributed by atoms with E-state index in [1.165, 1.54) is 22.9 Å². The number of hydrogen-bond acceptors (Lipinski definition) is 4. The molecule has 6 nitrogen and oxygen atoms in total. The van der Waals surface area contributed by atoms with Gasteiger partial charge in [-0.25, -0.2) is 4.68 Å². The Morgan fingerprint density at radius 2 is 1.87 bits per heavy atom. The Morgan fingerprint density at radius 3 is 2.47 bits per heavy atom. The van der Waals surface area contributed by atoms with Crippen LogP contribution in [0, 0.1) is 0 Å². The number of alkyl halides is 3. The number of carboxylic acid groups (broad SMARTS) is 1. The van der Waals surface area contributed by atoms with Gasteiger partial charge in [-0.2, -0.15) is 5.10 Å². The summed E-state index contributed by atoms with van der Waals surface area (Å²) in [6, 6.07) is 13.8. The maximum absolute atomic E-state index is 12.6. The molecule has 0 aliphatic heterocycles. The minimum Gasteiger partial charge on any atom is -0.481 e. The predicted molar refractivity (Wildman–Crippen MR) is 104 cm³/mol. The molecular formula is C20H17F3N2O4S. The van der Waals surface area contributed by atoms with E-state index >= 15 is 0 Å². The molecule has 0 aliphatic carbocycles. The zero-order chi connectivity index (χ0) is 21.9. The Bertz CT molecular complexity index is 1080. The van der Waals surface area contributed by atoms with Crippen LogP contribution in [0.3, 0.4) is 0 Å². The zero-order valence-corrected chi connectivity index (χ0v) is 16.5. The molecule has 0 saturated heterocycles. The highest BCUT2D eigenvalue weighted by Crippen LogP contribution is 2.30. The Balaban J connectivity index is 2.05. The van der Waals surface area contributed by atoms with Crippen molar-refractivity contribution in [1.29, 1.82) is 0 Å². The van der Waals surface area contributed by atoms with E-state index in [0.29, 0.717) is 27.5 Å². The number of carbonyl (C=O) groups is 1. The lowest BCUT2D eigenvalue weighted by Gasteiger charge is -2.11. The number of benzene rings is 2. The third-order valence-corrected chi connectivity index (χ3v) is 5.07. The topological polar surface area (TPSA) is 81.4 Å². The number of aryl methyl sites for hydroxylation is 1. The van der Waals surface area contributed by atoms with Crippen LogP contribution in [0.4, 0.5) is 13.2 Å². The summed E-state index contributed by atoms with van der Waals surface area (Å²) >= 11 is 0. The van der Waals surface area contributed by atoms with Gasteiger partial charge in [0.05, 0.1) is 23.5 Å². The molecule has 10 heteroatoms. The van der Waals surface area contributed by atoms with Gasteiger partial charge in [0, 0.05) is 33.9 Å². The lowest BCUT2D eigenvalue weighted by Crippen LogP contribution is -2.17.